The van der Waals surface area contributed by atoms with E-state index < -0.39 is 0 Å². The van der Waals surface area contributed by atoms with Crippen LogP contribution < -0.4 is 10.5 Å². The van der Waals surface area contributed by atoms with Crippen LogP contribution in [0.3, 0.4) is 0 Å². The molecule has 4 aromatic rings. The van der Waals surface area contributed by atoms with Crippen molar-refractivity contribution in [1.82, 2.24) is 20.4 Å². The van der Waals surface area contributed by atoms with Crippen molar-refractivity contribution in [2.75, 3.05) is 5.73 Å². The molecule has 6 nitrogen and oxygen atoms in total. The Balaban J connectivity index is 1.59. The molecule has 2 aromatic carbocycles. The van der Waals surface area contributed by atoms with E-state index in [0.717, 1.165) is 11.1 Å². The zero-order valence-corrected chi connectivity index (χ0v) is 13.7. The van der Waals surface area contributed by atoms with Crippen LogP contribution in [0.1, 0.15) is 11.1 Å². The van der Waals surface area contributed by atoms with E-state index in [4.69, 9.17) is 10.5 Å². The number of aromatic amines is 1. The number of nitrogen functional groups attached to an aromatic ring is 1. The molecule has 25 heavy (non-hydrogen) atoms. The molecule has 0 aliphatic heterocycles. The summed E-state index contributed by atoms with van der Waals surface area (Å²) in [5.41, 5.74) is 11.5. The summed E-state index contributed by atoms with van der Waals surface area (Å²) in [6.45, 7) is 2.50. The Kier molecular flexibility index (Phi) is 3.78. The zero-order valence-electron chi connectivity index (χ0n) is 13.7. The molecule has 3 N–H and O–H groups in total. The molecule has 2 heterocycles. The Morgan fingerprint density at radius 1 is 1.00 bits per heavy atom. The maximum absolute atomic E-state index is 5.92. The number of nitrogens with zero attached hydrogens (tertiary/aromatic N) is 3. The van der Waals surface area contributed by atoms with Crippen molar-refractivity contribution in [3.8, 4) is 16.9 Å². The first kappa shape index (κ1) is 15.1. The highest BCUT2D eigenvalue weighted by molar-refractivity contribution is 5.78. The number of hydrogen-bond acceptors (Lipinski definition) is 5. The Labute approximate surface area is 144 Å². The minimum Gasteiger partial charge on any atom is -0.486 e. The second-order valence-electron chi connectivity index (χ2n) is 5.90. The standard InChI is InChI=1S/C19H17N5O/c1-12-4-2-6-14(8-12)15-7-3-5-13(9-15)11-25-16-10-17(20)21-19-18(16)22-24-23-19/h2-10H,11H2,1H3,(H3,20,21,22,23,24). The van der Waals surface area contributed by atoms with Crippen LogP contribution >= 0.6 is 0 Å². The maximum atomic E-state index is 5.92. The lowest BCUT2D eigenvalue weighted by Gasteiger charge is -2.09. The van der Waals surface area contributed by atoms with Gasteiger partial charge in [0.2, 0.25) is 5.65 Å². The SMILES string of the molecule is Cc1cccc(-c2cccc(COc3cc(N)nc4n[nH]nc34)c2)c1. The smallest absolute Gasteiger partial charge is 0.207 e. The monoisotopic (exact) mass is 331 g/mol. The van der Waals surface area contributed by atoms with E-state index in [1.807, 2.05) is 12.1 Å². The van der Waals surface area contributed by atoms with E-state index in [2.05, 4.69) is 63.7 Å². The molecule has 0 aliphatic carbocycles. The number of nitrogens with one attached hydrogen (secondary N) is 1. The summed E-state index contributed by atoms with van der Waals surface area (Å²) in [7, 11) is 0. The lowest BCUT2D eigenvalue weighted by molar-refractivity contribution is 0.309. The largest absolute Gasteiger partial charge is 0.486 e. The number of fused-ring (bicyclic) bond motifs is 1. The Morgan fingerprint density at radius 3 is 2.64 bits per heavy atom. The summed E-state index contributed by atoms with van der Waals surface area (Å²) in [4.78, 5) is 4.11. The van der Waals surface area contributed by atoms with Gasteiger partial charge in [0, 0.05) is 6.07 Å². The second kappa shape index (κ2) is 6.24. The van der Waals surface area contributed by atoms with E-state index in [9.17, 15) is 0 Å². The third-order valence-corrected chi connectivity index (χ3v) is 3.95. The molecule has 4 rings (SSSR count). The van der Waals surface area contributed by atoms with E-state index in [-0.39, 0.29) is 0 Å². The van der Waals surface area contributed by atoms with Gasteiger partial charge in [-0.05, 0) is 29.7 Å². The van der Waals surface area contributed by atoms with Gasteiger partial charge in [-0.2, -0.15) is 10.3 Å². The van der Waals surface area contributed by atoms with Gasteiger partial charge in [0.15, 0.2) is 11.3 Å². The third kappa shape index (κ3) is 3.14. The minimum absolute atomic E-state index is 0.352. The maximum Gasteiger partial charge on any atom is 0.207 e. The van der Waals surface area contributed by atoms with Crippen LogP contribution in [0, 0.1) is 6.92 Å². The van der Waals surface area contributed by atoms with E-state index in [1.54, 1.807) is 6.07 Å². The number of anilines is 1. The van der Waals surface area contributed by atoms with Crippen molar-refractivity contribution in [3.63, 3.8) is 0 Å². The zero-order chi connectivity index (χ0) is 17.2. The Hall–Kier alpha value is -3.41. The summed E-state index contributed by atoms with van der Waals surface area (Å²) < 4.78 is 5.92. The lowest BCUT2D eigenvalue weighted by Crippen LogP contribution is -1.99. The van der Waals surface area contributed by atoms with Crippen LogP contribution in [-0.4, -0.2) is 20.4 Å². The van der Waals surface area contributed by atoms with Gasteiger partial charge in [0.1, 0.15) is 12.4 Å². The fraction of sp³-hybridized carbons (Fsp3) is 0.105. The normalized spacial score (nSPS) is 10.9. The number of rotatable bonds is 4. The molecule has 0 spiro atoms. The van der Waals surface area contributed by atoms with Gasteiger partial charge >= 0.3 is 0 Å². The molecular formula is C19H17N5O. The van der Waals surface area contributed by atoms with Crippen molar-refractivity contribution in [2.24, 2.45) is 0 Å². The molecule has 0 radical (unpaired) electrons. The quantitative estimate of drug-likeness (QED) is 0.597. The summed E-state index contributed by atoms with van der Waals surface area (Å²) >= 11 is 0. The predicted octanol–water partition coefficient (Wildman–Crippen LogP) is 3.49. The van der Waals surface area contributed by atoms with Crippen molar-refractivity contribution >= 4 is 17.0 Å². The highest BCUT2D eigenvalue weighted by atomic mass is 16.5. The third-order valence-electron chi connectivity index (χ3n) is 3.95. The van der Waals surface area contributed by atoms with Gasteiger partial charge in [-0.15, -0.1) is 5.10 Å². The van der Waals surface area contributed by atoms with Crippen LogP contribution in [0.2, 0.25) is 0 Å². The molecule has 124 valence electrons. The van der Waals surface area contributed by atoms with Crippen LogP contribution in [-0.2, 0) is 6.61 Å². The number of pyridine rings is 1. The van der Waals surface area contributed by atoms with Crippen molar-refractivity contribution in [1.29, 1.82) is 0 Å². The van der Waals surface area contributed by atoms with Crippen molar-refractivity contribution in [2.45, 2.75) is 13.5 Å². The second-order valence-corrected chi connectivity index (χ2v) is 5.90. The molecule has 0 bridgehead atoms. The number of H-pyrrole nitrogens is 1. The number of nitrogens with two attached hydrogens (primary N) is 1. The van der Waals surface area contributed by atoms with E-state index in [1.165, 1.54) is 11.1 Å². The topological polar surface area (TPSA) is 89.7 Å². The van der Waals surface area contributed by atoms with Crippen LogP contribution in [0.4, 0.5) is 5.82 Å². The van der Waals surface area contributed by atoms with Gasteiger partial charge in [-0.25, -0.2) is 4.98 Å². The number of ether oxygens (including phenoxy) is 1. The van der Waals surface area contributed by atoms with Gasteiger partial charge in [0.25, 0.3) is 0 Å². The molecule has 0 atom stereocenters. The van der Waals surface area contributed by atoms with Crippen LogP contribution in [0.25, 0.3) is 22.3 Å². The molecule has 0 fully saturated rings. The van der Waals surface area contributed by atoms with E-state index in [0.29, 0.717) is 29.3 Å². The number of hydrogen-bond donors (Lipinski definition) is 2. The molecule has 0 aliphatic rings. The molecule has 0 saturated carbocycles. The molecular weight excluding hydrogens is 314 g/mol. The lowest BCUT2D eigenvalue weighted by atomic mass is 10.0. The molecule has 0 unspecified atom stereocenters. The Morgan fingerprint density at radius 2 is 1.80 bits per heavy atom. The highest BCUT2D eigenvalue weighted by Crippen LogP contribution is 2.25. The number of benzene rings is 2. The molecule has 0 amide bonds. The number of aromatic nitrogens is 4. The summed E-state index contributed by atoms with van der Waals surface area (Å²) in [5.74, 6) is 0.919. The first-order valence-corrected chi connectivity index (χ1v) is 7.95. The number of aryl methyl sites for hydroxylation is 1. The minimum atomic E-state index is 0.352. The fourth-order valence-electron chi connectivity index (χ4n) is 2.76. The fourth-order valence-corrected chi connectivity index (χ4v) is 2.76. The summed E-state index contributed by atoms with van der Waals surface area (Å²) in [6.07, 6.45) is 0. The van der Waals surface area contributed by atoms with Gasteiger partial charge in [0.05, 0.1) is 0 Å². The average Bonchev–Trinajstić information content (AvgIpc) is 3.08. The first-order chi connectivity index (χ1) is 12.2. The molecule has 0 saturated heterocycles. The van der Waals surface area contributed by atoms with Gasteiger partial charge in [-0.1, -0.05) is 48.0 Å². The predicted molar refractivity (Wildman–Crippen MR) is 97.0 cm³/mol. The van der Waals surface area contributed by atoms with Crippen molar-refractivity contribution < 1.29 is 4.74 Å². The molecule has 6 heteroatoms. The van der Waals surface area contributed by atoms with E-state index >= 15 is 0 Å². The Bertz CT molecular complexity index is 1040. The van der Waals surface area contributed by atoms with Gasteiger partial charge < -0.3 is 10.5 Å². The molecule has 2 aromatic heterocycles. The first-order valence-electron chi connectivity index (χ1n) is 7.95. The van der Waals surface area contributed by atoms with Crippen LogP contribution in [0.5, 0.6) is 5.75 Å². The summed E-state index contributed by atoms with van der Waals surface area (Å²) in [6, 6.07) is 18.4. The van der Waals surface area contributed by atoms with Crippen LogP contribution in [0.15, 0.2) is 54.6 Å². The summed E-state index contributed by atoms with van der Waals surface area (Å²) in [5, 5.41) is 10.6. The van der Waals surface area contributed by atoms with Gasteiger partial charge in [-0.3, -0.25) is 0 Å². The average molecular weight is 331 g/mol. The van der Waals surface area contributed by atoms with Crippen molar-refractivity contribution in [3.05, 3.63) is 65.7 Å². The highest BCUT2D eigenvalue weighted by Gasteiger charge is 2.10.